The molecule has 1 aromatic heterocycles. The van der Waals surface area contributed by atoms with E-state index < -0.39 is 0 Å². The van der Waals surface area contributed by atoms with E-state index in [2.05, 4.69) is 17.6 Å². The number of benzene rings is 1. The van der Waals surface area contributed by atoms with E-state index in [9.17, 15) is 9.59 Å². The second-order valence-corrected chi connectivity index (χ2v) is 7.51. The molecule has 0 saturated heterocycles. The highest BCUT2D eigenvalue weighted by Gasteiger charge is 2.16. The summed E-state index contributed by atoms with van der Waals surface area (Å²) in [5, 5.41) is 5.78. The number of carbonyl (C=O) groups excluding carboxylic acids is 2. The van der Waals surface area contributed by atoms with Crippen LogP contribution in [0.3, 0.4) is 0 Å². The number of hydrogen-bond acceptors (Lipinski definition) is 4. The van der Waals surface area contributed by atoms with Crippen LogP contribution in [0.5, 0.6) is 0 Å². The summed E-state index contributed by atoms with van der Waals surface area (Å²) in [5.41, 5.74) is 6.91. The van der Waals surface area contributed by atoms with Crippen LogP contribution in [0.15, 0.2) is 36.4 Å². The first-order chi connectivity index (χ1) is 12.5. The van der Waals surface area contributed by atoms with E-state index in [4.69, 9.17) is 5.73 Å². The Kier molecular flexibility index (Phi) is 7.66. The number of anilines is 2. The molecule has 26 heavy (non-hydrogen) atoms. The van der Waals surface area contributed by atoms with Crippen molar-refractivity contribution in [1.29, 1.82) is 0 Å². The first-order valence-corrected chi connectivity index (χ1v) is 9.89. The van der Waals surface area contributed by atoms with E-state index in [1.54, 1.807) is 30.3 Å². The van der Waals surface area contributed by atoms with Crippen molar-refractivity contribution in [2.75, 3.05) is 11.1 Å². The molecule has 4 N–H and O–H groups in total. The largest absolute Gasteiger partial charge is 0.397 e. The summed E-state index contributed by atoms with van der Waals surface area (Å²) < 4.78 is 0. The molecule has 0 radical (unpaired) electrons. The number of nitrogen functional groups attached to an aromatic ring is 1. The first-order valence-electron chi connectivity index (χ1n) is 9.07. The van der Waals surface area contributed by atoms with Crippen LogP contribution in [-0.4, -0.2) is 17.9 Å². The van der Waals surface area contributed by atoms with Gasteiger partial charge in [-0.1, -0.05) is 44.7 Å². The van der Waals surface area contributed by atoms with Gasteiger partial charge in [0, 0.05) is 6.04 Å². The Morgan fingerprint density at radius 2 is 1.73 bits per heavy atom. The van der Waals surface area contributed by atoms with E-state index in [1.165, 1.54) is 30.6 Å². The quantitative estimate of drug-likeness (QED) is 0.441. The third-order valence-electron chi connectivity index (χ3n) is 4.13. The highest BCUT2D eigenvalue weighted by atomic mass is 32.1. The average molecular weight is 374 g/mol. The molecule has 1 heterocycles. The molecule has 140 valence electrons. The summed E-state index contributed by atoms with van der Waals surface area (Å²) in [6.07, 6.45) is 5.72. The van der Waals surface area contributed by atoms with Crippen molar-refractivity contribution in [1.82, 2.24) is 5.32 Å². The molecule has 2 aromatic rings. The number of rotatable bonds is 9. The number of hydrogen-bond donors (Lipinski definition) is 3. The van der Waals surface area contributed by atoms with Crippen LogP contribution in [-0.2, 0) is 0 Å². The van der Waals surface area contributed by atoms with Gasteiger partial charge in [0.2, 0.25) is 0 Å². The van der Waals surface area contributed by atoms with Crippen LogP contribution in [0.2, 0.25) is 0 Å². The van der Waals surface area contributed by atoms with Gasteiger partial charge in [0.1, 0.15) is 0 Å². The smallest absolute Gasteiger partial charge is 0.265 e. The predicted molar refractivity (Wildman–Crippen MR) is 109 cm³/mol. The number of carbonyl (C=O) groups is 2. The van der Waals surface area contributed by atoms with Crippen LogP contribution in [0.25, 0.3) is 0 Å². The number of nitrogens with one attached hydrogen (secondary N) is 2. The third kappa shape index (κ3) is 5.88. The van der Waals surface area contributed by atoms with Crippen LogP contribution < -0.4 is 16.4 Å². The Morgan fingerprint density at radius 1 is 1.04 bits per heavy atom. The highest BCUT2D eigenvalue weighted by Crippen LogP contribution is 2.21. The number of nitrogens with two attached hydrogens (primary N) is 1. The van der Waals surface area contributed by atoms with Gasteiger partial charge >= 0.3 is 0 Å². The Balaban J connectivity index is 1.88. The monoisotopic (exact) mass is 373 g/mol. The van der Waals surface area contributed by atoms with Crippen LogP contribution in [0.4, 0.5) is 11.4 Å². The Bertz CT molecular complexity index is 742. The van der Waals surface area contributed by atoms with Crippen molar-refractivity contribution in [3.05, 3.63) is 46.2 Å². The first kappa shape index (κ1) is 20.0. The Labute approximate surface area is 159 Å². The third-order valence-corrected chi connectivity index (χ3v) is 5.21. The molecule has 0 spiro atoms. The molecule has 6 heteroatoms. The second-order valence-electron chi connectivity index (χ2n) is 6.43. The van der Waals surface area contributed by atoms with Crippen molar-refractivity contribution in [2.45, 2.75) is 52.0 Å². The van der Waals surface area contributed by atoms with Gasteiger partial charge in [-0.3, -0.25) is 9.59 Å². The maximum Gasteiger partial charge on any atom is 0.265 e. The molecule has 2 amide bonds. The normalized spacial score (nSPS) is 11.8. The molecular weight excluding hydrogens is 346 g/mol. The van der Waals surface area contributed by atoms with Gasteiger partial charge < -0.3 is 16.4 Å². The van der Waals surface area contributed by atoms with Crippen LogP contribution >= 0.6 is 11.3 Å². The minimum atomic E-state index is -0.264. The lowest BCUT2D eigenvalue weighted by Crippen LogP contribution is -2.31. The van der Waals surface area contributed by atoms with E-state index >= 15 is 0 Å². The summed E-state index contributed by atoms with van der Waals surface area (Å²) in [6.45, 7) is 4.20. The molecule has 0 aliphatic carbocycles. The molecule has 1 unspecified atom stereocenters. The molecule has 5 nitrogen and oxygen atoms in total. The molecular formula is C20H27N3O2S. The van der Waals surface area contributed by atoms with E-state index in [1.807, 2.05) is 13.0 Å². The molecule has 0 bridgehead atoms. The van der Waals surface area contributed by atoms with Gasteiger partial charge in [0.05, 0.1) is 21.1 Å². The summed E-state index contributed by atoms with van der Waals surface area (Å²) in [6, 6.07) is 10.6. The summed E-state index contributed by atoms with van der Waals surface area (Å²) in [5.74, 6) is -0.393. The molecule has 0 aliphatic heterocycles. The standard InChI is InChI=1S/C20H27N3O2S/c1-3-4-5-6-9-14(2)22-19(24)17-12-13-18(26-17)20(25)23-16-11-8-7-10-15(16)21/h7-8,10-14H,3-6,9,21H2,1-2H3,(H,22,24)(H,23,25). The molecule has 1 aromatic carbocycles. The Morgan fingerprint density at radius 3 is 2.42 bits per heavy atom. The van der Waals surface area contributed by atoms with Gasteiger partial charge in [-0.25, -0.2) is 0 Å². The lowest BCUT2D eigenvalue weighted by molar-refractivity contribution is 0.0941. The van der Waals surface area contributed by atoms with Crippen molar-refractivity contribution in [3.8, 4) is 0 Å². The number of para-hydroxylation sites is 2. The maximum atomic E-state index is 12.3. The number of thiophene rings is 1. The Hall–Kier alpha value is -2.34. The minimum Gasteiger partial charge on any atom is -0.397 e. The zero-order valence-electron chi connectivity index (χ0n) is 15.4. The van der Waals surface area contributed by atoms with E-state index in [-0.39, 0.29) is 17.9 Å². The van der Waals surface area contributed by atoms with E-state index in [0.717, 1.165) is 12.8 Å². The van der Waals surface area contributed by atoms with Gasteiger partial charge in [-0.2, -0.15) is 0 Å². The minimum absolute atomic E-state index is 0.128. The highest BCUT2D eigenvalue weighted by molar-refractivity contribution is 7.16. The summed E-state index contributed by atoms with van der Waals surface area (Å²) >= 11 is 1.18. The van der Waals surface area contributed by atoms with Crippen LogP contribution in [0.1, 0.15) is 65.3 Å². The van der Waals surface area contributed by atoms with Crippen molar-refractivity contribution in [2.24, 2.45) is 0 Å². The lowest BCUT2D eigenvalue weighted by Gasteiger charge is -2.12. The molecule has 2 rings (SSSR count). The SMILES string of the molecule is CCCCCCC(C)NC(=O)c1ccc(C(=O)Nc2ccccc2N)s1. The number of unbranched alkanes of at least 4 members (excludes halogenated alkanes) is 3. The fourth-order valence-corrected chi connectivity index (χ4v) is 3.43. The van der Waals surface area contributed by atoms with Gasteiger partial charge in [0.15, 0.2) is 0 Å². The fourth-order valence-electron chi connectivity index (χ4n) is 2.62. The van der Waals surface area contributed by atoms with Gasteiger partial charge in [-0.15, -0.1) is 11.3 Å². The van der Waals surface area contributed by atoms with Gasteiger partial charge in [-0.05, 0) is 37.6 Å². The van der Waals surface area contributed by atoms with Gasteiger partial charge in [0.25, 0.3) is 11.8 Å². The second kappa shape index (κ2) is 9.97. The van der Waals surface area contributed by atoms with Crippen molar-refractivity contribution < 1.29 is 9.59 Å². The topological polar surface area (TPSA) is 84.2 Å². The van der Waals surface area contributed by atoms with E-state index in [0.29, 0.717) is 21.1 Å². The van der Waals surface area contributed by atoms with Crippen molar-refractivity contribution in [3.63, 3.8) is 0 Å². The van der Waals surface area contributed by atoms with Crippen molar-refractivity contribution >= 4 is 34.5 Å². The molecule has 0 aliphatic rings. The fraction of sp³-hybridized carbons (Fsp3) is 0.400. The molecule has 0 fully saturated rings. The molecule has 1 atom stereocenters. The average Bonchev–Trinajstić information content (AvgIpc) is 3.11. The number of amides is 2. The van der Waals surface area contributed by atoms with Crippen LogP contribution in [0, 0.1) is 0 Å². The zero-order valence-corrected chi connectivity index (χ0v) is 16.2. The summed E-state index contributed by atoms with van der Waals surface area (Å²) in [7, 11) is 0. The zero-order chi connectivity index (χ0) is 18.9. The summed E-state index contributed by atoms with van der Waals surface area (Å²) in [4.78, 5) is 25.7. The lowest BCUT2D eigenvalue weighted by atomic mass is 10.1. The molecule has 0 saturated carbocycles. The predicted octanol–water partition coefficient (Wildman–Crippen LogP) is 4.67. The maximum absolute atomic E-state index is 12.3.